The zero-order chi connectivity index (χ0) is 26.8. The number of carbonyl (C=O) groups is 1. The summed E-state index contributed by atoms with van der Waals surface area (Å²) >= 11 is 0.710. The lowest BCUT2D eigenvalue weighted by atomic mass is 10.1. The molecule has 0 spiro atoms. The molecule has 0 unspecified atom stereocenters. The summed E-state index contributed by atoms with van der Waals surface area (Å²) in [5.74, 6) is 1.13. The molecule has 0 aliphatic heterocycles. The predicted octanol–water partition coefficient (Wildman–Crippen LogP) is 3.35. The van der Waals surface area contributed by atoms with Crippen molar-refractivity contribution in [3.63, 3.8) is 0 Å². The highest BCUT2D eigenvalue weighted by molar-refractivity contribution is 7.91. The smallest absolute Gasteiger partial charge is 0.268 e. The van der Waals surface area contributed by atoms with Gasteiger partial charge in [-0.1, -0.05) is 25.1 Å². The Balaban J connectivity index is 1.65. The van der Waals surface area contributed by atoms with E-state index in [2.05, 4.69) is 14.7 Å². The summed E-state index contributed by atoms with van der Waals surface area (Å²) in [4.78, 5) is 16.4. The molecule has 1 heterocycles. The fraction of sp³-hybridized carbons (Fsp3) is 0.250. The second-order valence-corrected chi connectivity index (χ2v) is 10.1. The standard InChI is InChI=1S/C24H24N4O7S2/c1-4-37(30,31)24-27-23(36-28-24)26-22(29)17(15-25)13-16-9-10-20(21(14-16)33-3)35-12-11-34-19-8-6-5-7-18(19)32-2/h5-10,13-14H,4,11-12H2,1-3H3,(H,26,27,28,29)/b17-13-. The van der Waals surface area contributed by atoms with Gasteiger partial charge in [-0.05, 0) is 35.9 Å². The van der Waals surface area contributed by atoms with E-state index in [1.807, 2.05) is 18.2 Å². The summed E-state index contributed by atoms with van der Waals surface area (Å²) < 4.78 is 49.6. The number of carbonyl (C=O) groups excluding carboxylic acids is 1. The number of sulfone groups is 1. The number of para-hydroxylation sites is 2. The van der Waals surface area contributed by atoms with Crippen molar-refractivity contribution in [1.29, 1.82) is 5.26 Å². The van der Waals surface area contributed by atoms with Gasteiger partial charge in [-0.15, -0.1) is 0 Å². The highest BCUT2D eigenvalue weighted by atomic mass is 32.2. The molecule has 0 saturated carbocycles. The Morgan fingerprint density at radius 1 is 1.05 bits per heavy atom. The number of benzene rings is 2. The molecule has 0 bridgehead atoms. The monoisotopic (exact) mass is 544 g/mol. The molecular weight excluding hydrogens is 520 g/mol. The fourth-order valence-electron chi connectivity index (χ4n) is 2.93. The number of anilines is 1. The minimum Gasteiger partial charge on any atom is -0.493 e. The van der Waals surface area contributed by atoms with Crippen molar-refractivity contribution in [3.8, 4) is 29.1 Å². The van der Waals surface area contributed by atoms with Crippen LogP contribution in [-0.2, 0) is 14.6 Å². The van der Waals surface area contributed by atoms with Crippen LogP contribution in [0.5, 0.6) is 23.0 Å². The summed E-state index contributed by atoms with van der Waals surface area (Å²) in [6, 6.07) is 14.0. The maximum absolute atomic E-state index is 12.5. The molecule has 1 N–H and O–H groups in total. The van der Waals surface area contributed by atoms with E-state index < -0.39 is 15.7 Å². The Labute approximate surface area is 218 Å². The number of hydrogen-bond donors (Lipinski definition) is 1. The van der Waals surface area contributed by atoms with Gasteiger partial charge in [-0.3, -0.25) is 10.1 Å². The molecule has 0 aliphatic rings. The molecule has 37 heavy (non-hydrogen) atoms. The molecule has 2 aromatic carbocycles. The Kier molecular flexibility index (Phi) is 9.42. The molecule has 194 valence electrons. The molecule has 11 nitrogen and oxygen atoms in total. The fourth-order valence-corrected chi connectivity index (χ4v) is 4.51. The van der Waals surface area contributed by atoms with E-state index in [0.717, 1.165) is 0 Å². The molecule has 0 aliphatic carbocycles. The lowest BCUT2D eigenvalue weighted by Gasteiger charge is -2.13. The van der Waals surface area contributed by atoms with E-state index >= 15 is 0 Å². The molecular formula is C24H24N4O7S2. The van der Waals surface area contributed by atoms with Crippen LogP contribution in [0.25, 0.3) is 6.08 Å². The summed E-state index contributed by atoms with van der Waals surface area (Å²) in [7, 11) is -0.576. The summed E-state index contributed by atoms with van der Waals surface area (Å²) in [6.07, 6.45) is 1.36. The zero-order valence-corrected chi connectivity index (χ0v) is 21.9. The van der Waals surface area contributed by atoms with Gasteiger partial charge < -0.3 is 18.9 Å². The number of rotatable bonds is 12. The highest BCUT2D eigenvalue weighted by Crippen LogP contribution is 2.30. The van der Waals surface area contributed by atoms with Crippen molar-refractivity contribution >= 4 is 38.5 Å². The maximum atomic E-state index is 12.5. The van der Waals surface area contributed by atoms with Crippen LogP contribution in [0.1, 0.15) is 12.5 Å². The summed E-state index contributed by atoms with van der Waals surface area (Å²) in [5.41, 5.74) is 0.281. The number of ether oxygens (including phenoxy) is 4. The number of nitrogens with zero attached hydrogens (tertiary/aromatic N) is 3. The average molecular weight is 545 g/mol. The van der Waals surface area contributed by atoms with Gasteiger partial charge in [0.25, 0.3) is 11.1 Å². The molecule has 0 saturated heterocycles. The SMILES string of the molecule is CCS(=O)(=O)c1nsc(NC(=O)/C(C#N)=C\c2ccc(OCCOc3ccccc3OC)c(OC)c2)n1. The molecule has 0 atom stereocenters. The molecule has 0 radical (unpaired) electrons. The summed E-state index contributed by atoms with van der Waals surface area (Å²) in [5, 5.41) is 11.5. The topological polar surface area (TPSA) is 150 Å². The van der Waals surface area contributed by atoms with Gasteiger partial charge in [-0.25, -0.2) is 8.42 Å². The molecule has 3 aromatic rings. The van der Waals surface area contributed by atoms with Crippen LogP contribution in [0, 0.1) is 11.3 Å². The van der Waals surface area contributed by atoms with Crippen LogP contribution < -0.4 is 24.3 Å². The number of aromatic nitrogens is 2. The predicted molar refractivity (Wildman–Crippen MR) is 137 cm³/mol. The Hall–Kier alpha value is -4.15. The van der Waals surface area contributed by atoms with E-state index in [4.69, 9.17) is 18.9 Å². The largest absolute Gasteiger partial charge is 0.493 e. The number of methoxy groups -OCH3 is 2. The molecule has 0 fully saturated rings. The van der Waals surface area contributed by atoms with Gasteiger partial charge in [0.2, 0.25) is 15.0 Å². The van der Waals surface area contributed by atoms with E-state index in [-0.39, 0.29) is 34.8 Å². The van der Waals surface area contributed by atoms with Crippen LogP contribution in [0.4, 0.5) is 5.13 Å². The Morgan fingerprint density at radius 3 is 2.32 bits per heavy atom. The summed E-state index contributed by atoms with van der Waals surface area (Å²) in [6.45, 7) is 1.95. The van der Waals surface area contributed by atoms with Crippen molar-refractivity contribution in [1.82, 2.24) is 9.36 Å². The Bertz CT molecular complexity index is 1430. The van der Waals surface area contributed by atoms with Crippen molar-refractivity contribution in [3.05, 3.63) is 53.6 Å². The van der Waals surface area contributed by atoms with E-state index in [1.165, 1.54) is 20.1 Å². The molecule has 3 rings (SSSR count). The lowest BCUT2D eigenvalue weighted by molar-refractivity contribution is -0.112. The maximum Gasteiger partial charge on any atom is 0.268 e. The molecule has 13 heteroatoms. The third kappa shape index (κ3) is 7.18. The zero-order valence-electron chi connectivity index (χ0n) is 20.3. The third-order valence-corrected chi connectivity index (χ3v) is 7.06. The van der Waals surface area contributed by atoms with Crippen molar-refractivity contribution < 1.29 is 32.2 Å². The first-order valence-electron chi connectivity index (χ1n) is 10.9. The minimum absolute atomic E-state index is 0.0326. The number of amides is 1. The van der Waals surface area contributed by atoms with Crippen LogP contribution in [0.2, 0.25) is 0 Å². The van der Waals surface area contributed by atoms with Crippen molar-refractivity contribution in [2.24, 2.45) is 0 Å². The number of hydrogen-bond acceptors (Lipinski definition) is 11. The number of nitrogens with one attached hydrogen (secondary N) is 1. The van der Waals surface area contributed by atoms with E-state index in [9.17, 15) is 18.5 Å². The van der Waals surface area contributed by atoms with Gasteiger partial charge in [-0.2, -0.15) is 14.6 Å². The first kappa shape index (κ1) is 27.4. The second-order valence-electron chi connectivity index (χ2n) is 7.17. The van der Waals surface area contributed by atoms with Crippen LogP contribution in [0.15, 0.2) is 53.2 Å². The van der Waals surface area contributed by atoms with Crippen LogP contribution in [-0.4, -0.2) is 56.9 Å². The van der Waals surface area contributed by atoms with Crippen LogP contribution in [0.3, 0.4) is 0 Å². The molecule has 1 aromatic heterocycles. The first-order chi connectivity index (χ1) is 17.8. The van der Waals surface area contributed by atoms with Crippen molar-refractivity contribution in [2.75, 3.05) is 38.5 Å². The minimum atomic E-state index is -3.61. The number of nitriles is 1. The van der Waals surface area contributed by atoms with Crippen molar-refractivity contribution in [2.45, 2.75) is 12.1 Å². The third-order valence-electron chi connectivity index (χ3n) is 4.82. The second kappa shape index (κ2) is 12.7. The van der Waals surface area contributed by atoms with Crippen LogP contribution >= 0.6 is 11.5 Å². The quantitative estimate of drug-likeness (QED) is 0.204. The van der Waals surface area contributed by atoms with Gasteiger partial charge in [0.05, 0.1) is 20.0 Å². The molecule has 1 amide bonds. The normalized spacial score (nSPS) is 11.4. The highest BCUT2D eigenvalue weighted by Gasteiger charge is 2.20. The van der Waals surface area contributed by atoms with E-state index in [1.54, 1.807) is 37.4 Å². The average Bonchev–Trinajstić information content (AvgIpc) is 3.39. The van der Waals surface area contributed by atoms with E-state index in [0.29, 0.717) is 40.1 Å². The Morgan fingerprint density at radius 2 is 1.70 bits per heavy atom. The van der Waals surface area contributed by atoms with Gasteiger partial charge >= 0.3 is 0 Å². The first-order valence-corrected chi connectivity index (χ1v) is 13.3. The van der Waals surface area contributed by atoms with Gasteiger partial charge in [0.15, 0.2) is 23.0 Å². The van der Waals surface area contributed by atoms with Gasteiger partial charge in [0.1, 0.15) is 24.9 Å². The lowest BCUT2D eigenvalue weighted by Crippen LogP contribution is -2.14. The van der Waals surface area contributed by atoms with Gasteiger partial charge in [0, 0.05) is 11.5 Å².